The molecule has 3 aromatic heterocycles. The van der Waals surface area contributed by atoms with Crippen molar-refractivity contribution in [3.05, 3.63) is 83.4 Å². The van der Waals surface area contributed by atoms with E-state index in [1.165, 1.54) is 0 Å². The van der Waals surface area contributed by atoms with E-state index in [0.717, 1.165) is 28.4 Å². The van der Waals surface area contributed by atoms with Gasteiger partial charge in [0.15, 0.2) is 17.2 Å². The lowest BCUT2D eigenvalue weighted by Gasteiger charge is -2.12. The van der Waals surface area contributed by atoms with Gasteiger partial charge in [0.05, 0.1) is 12.7 Å². The van der Waals surface area contributed by atoms with Gasteiger partial charge in [0, 0.05) is 24.4 Å². The molecule has 184 valence electrons. The summed E-state index contributed by atoms with van der Waals surface area (Å²) in [5.41, 5.74) is 4.19. The molecule has 0 fully saturated rings. The second-order valence-corrected chi connectivity index (χ2v) is 8.94. The molecular weight excluding hydrogens is 467 g/mol. The predicted molar refractivity (Wildman–Crippen MR) is 130 cm³/mol. The highest BCUT2D eigenvalue weighted by Crippen LogP contribution is 2.30. The molecule has 7 nitrogen and oxygen atoms in total. The van der Waals surface area contributed by atoms with Crippen molar-refractivity contribution in [1.29, 1.82) is 5.41 Å². The van der Waals surface area contributed by atoms with Crippen LogP contribution in [0.2, 0.25) is 0 Å². The monoisotopic (exact) mass is 491 g/mol. The van der Waals surface area contributed by atoms with Crippen LogP contribution in [0.25, 0.3) is 33.9 Å². The van der Waals surface area contributed by atoms with E-state index < -0.39 is 11.9 Å². The standard InChI is InChI=1S/C26H24F3N7/c1-15(2)18-6-4-5-7-19(18)23-31-12-20-24(34-23)36(25(30)35(20)3)14-16-8-10-17(11-9-16)22-32-13-21(33-22)26(27,28)29/h4-13,15,30H,14H2,1-3H3,(H,32,33). The predicted octanol–water partition coefficient (Wildman–Crippen LogP) is 5.50. The van der Waals surface area contributed by atoms with Crippen molar-refractivity contribution in [3.8, 4) is 22.8 Å². The average Bonchev–Trinajstić information content (AvgIpc) is 3.45. The van der Waals surface area contributed by atoms with Crippen molar-refractivity contribution < 1.29 is 13.2 Å². The quantitative estimate of drug-likeness (QED) is 0.340. The average molecular weight is 492 g/mol. The van der Waals surface area contributed by atoms with Gasteiger partial charge in [-0.25, -0.2) is 15.0 Å². The summed E-state index contributed by atoms with van der Waals surface area (Å²) in [5.74, 6) is 1.05. The minimum absolute atomic E-state index is 0.147. The van der Waals surface area contributed by atoms with Gasteiger partial charge in [-0.15, -0.1) is 0 Å². The molecular formula is C26H24F3N7. The fourth-order valence-electron chi connectivity index (χ4n) is 4.25. The van der Waals surface area contributed by atoms with E-state index in [2.05, 4.69) is 34.9 Å². The van der Waals surface area contributed by atoms with Gasteiger partial charge in [-0.3, -0.25) is 9.98 Å². The third-order valence-corrected chi connectivity index (χ3v) is 6.20. The van der Waals surface area contributed by atoms with Crippen LogP contribution in [-0.2, 0) is 19.8 Å². The summed E-state index contributed by atoms with van der Waals surface area (Å²) in [6.45, 7) is 4.61. The van der Waals surface area contributed by atoms with Gasteiger partial charge in [-0.2, -0.15) is 13.2 Å². The third-order valence-electron chi connectivity index (χ3n) is 6.20. The number of fused-ring (bicyclic) bond motifs is 1. The summed E-state index contributed by atoms with van der Waals surface area (Å²) in [7, 11) is 1.80. The number of alkyl halides is 3. The molecule has 0 unspecified atom stereocenters. The number of imidazole rings is 2. The number of hydrogen-bond donors (Lipinski definition) is 2. The molecule has 0 amide bonds. The van der Waals surface area contributed by atoms with E-state index in [9.17, 15) is 13.2 Å². The molecule has 0 saturated heterocycles. The Bertz CT molecular complexity index is 1610. The zero-order chi connectivity index (χ0) is 25.6. The van der Waals surface area contributed by atoms with Gasteiger partial charge in [0.1, 0.15) is 11.3 Å². The van der Waals surface area contributed by atoms with Crippen LogP contribution in [0.4, 0.5) is 13.2 Å². The number of nitrogens with one attached hydrogen (secondary N) is 2. The van der Waals surface area contributed by atoms with Crippen LogP contribution < -0.4 is 5.62 Å². The molecule has 10 heteroatoms. The third kappa shape index (κ3) is 4.19. The highest BCUT2D eigenvalue weighted by atomic mass is 19.4. The molecule has 3 heterocycles. The van der Waals surface area contributed by atoms with Crippen LogP contribution in [-0.4, -0.2) is 29.1 Å². The second kappa shape index (κ2) is 8.78. The molecule has 2 aromatic carbocycles. The van der Waals surface area contributed by atoms with Crippen molar-refractivity contribution in [2.45, 2.75) is 32.5 Å². The lowest BCUT2D eigenvalue weighted by atomic mass is 9.97. The number of rotatable bonds is 5. The van der Waals surface area contributed by atoms with Gasteiger partial charge in [-0.1, -0.05) is 62.4 Å². The topological polar surface area (TPSA) is 88.2 Å². The van der Waals surface area contributed by atoms with Crippen LogP contribution in [0.3, 0.4) is 0 Å². The maximum absolute atomic E-state index is 12.9. The van der Waals surface area contributed by atoms with Crippen molar-refractivity contribution >= 4 is 11.2 Å². The van der Waals surface area contributed by atoms with E-state index in [1.54, 1.807) is 34.5 Å². The Hall–Kier alpha value is -4.21. The van der Waals surface area contributed by atoms with Crippen LogP contribution in [0, 0.1) is 5.41 Å². The number of H-pyrrole nitrogens is 1. The molecule has 5 rings (SSSR count). The first-order valence-electron chi connectivity index (χ1n) is 11.4. The second-order valence-electron chi connectivity index (χ2n) is 8.94. The van der Waals surface area contributed by atoms with Gasteiger partial charge < -0.3 is 9.55 Å². The van der Waals surface area contributed by atoms with Crippen molar-refractivity contribution in [2.24, 2.45) is 7.05 Å². The molecule has 2 N–H and O–H groups in total. The van der Waals surface area contributed by atoms with Crippen molar-refractivity contribution in [3.63, 3.8) is 0 Å². The molecule has 5 aromatic rings. The van der Waals surface area contributed by atoms with Gasteiger partial charge >= 0.3 is 6.18 Å². The fourth-order valence-corrected chi connectivity index (χ4v) is 4.25. The SMILES string of the molecule is CC(C)c1ccccc1-c1ncc2c(n1)n(Cc1ccc(-c3nc(C(F)(F)F)c[nH]3)cc1)c(=N)n2C. The smallest absolute Gasteiger partial charge is 0.344 e. The number of nitrogens with zero attached hydrogens (tertiary/aromatic N) is 5. The highest BCUT2D eigenvalue weighted by molar-refractivity contribution is 5.74. The first-order chi connectivity index (χ1) is 17.1. The first kappa shape index (κ1) is 23.5. The van der Waals surface area contributed by atoms with Crippen LogP contribution in [0.5, 0.6) is 0 Å². The lowest BCUT2D eigenvalue weighted by Crippen LogP contribution is -2.23. The molecule has 0 spiro atoms. The number of aromatic nitrogens is 6. The highest BCUT2D eigenvalue weighted by Gasteiger charge is 2.33. The summed E-state index contributed by atoms with van der Waals surface area (Å²) >= 11 is 0. The number of aromatic amines is 1. The zero-order valence-corrected chi connectivity index (χ0v) is 19.9. The van der Waals surface area contributed by atoms with Gasteiger partial charge in [0.25, 0.3) is 0 Å². The fraction of sp³-hybridized carbons (Fsp3) is 0.231. The molecule has 36 heavy (non-hydrogen) atoms. The lowest BCUT2D eigenvalue weighted by molar-refractivity contribution is -0.140. The van der Waals surface area contributed by atoms with Gasteiger partial charge in [-0.05, 0) is 17.0 Å². The molecule has 0 aliphatic rings. The van der Waals surface area contributed by atoms with E-state index in [-0.39, 0.29) is 11.4 Å². The molecule has 0 atom stereocenters. The molecule has 0 aliphatic heterocycles. The zero-order valence-electron chi connectivity index (χ0n) is 19.9. The van der Waals surface area contributed by atoms with Gasteiger partial charge in [0.2, 0.25) is 5.62 Å². The Morgan fingerprint density at radius 2 is 1.75 bits per heavy atom. The van der Waals surface area contributed by atoms with Crippen LogP contribution in [0.15, 0.2) is 60.9 Å². The Balaban J connectivity index is 1.50. The minimum atomic E-state index is -4.50. The number of halogens is 3. The maximum atomic E-state index is 12.9. The Kier molecular flexibility index (Phi) is 5.74. The van der Waals surface area contributed by atoms with E-state index in [4.69, 9.17) is 10.4 Å². The summed E-state index contributed by atoms with van der Waals surface area (Å²) < 4.78 is 42.1. The molecule has 0 saturated carbocycles. The van der Waals surface area contributed by atoms with E-state index >= 15 is 0 Å². The summed E-state index contributed by atoms with van der Waals surface area (Å²) in [5, 5.41) is 8.63. The van der Waals surface area contributed by atoms with E-state index in [0.29, 0.717) is 29.5 Å². The summed E-state index contributed by atoms with van der Waals surface area (Å²) in [6.07, 6.45) is -1.90. The van der Waals surface area contributed by atoms with Crippen molar-refractivity contribution in [2.75, 3.05) is 0 Å². The van der Waals surface area contributed by atoms with E-state index in [1.807, 2.05) is 30.3 Å². The number of aryl methyl sites for hydroxylation is 1. The normalized spacial score (nSPS) is 12.1. The Labute approximate surface area is 204 Å². The van der Waals surface area contributed by atoms with Crippen molar-refractivity contribution in [1.82, 2.24) is 29.1 Å². The first-order valence-corrected chi connectivity index (χ1v) is 11.4. The molecule has 0 bridgehead atoms. The number of benzene rings is 2. The summed E-state index contributed by atoms with van der Waals surface area (Å²) in [4.78, 5) is 15.7. The largest absolute Gasteiger partial charge is 0.434 e. The Morgan fingerprint density at radius 1 is 1.03 bits per heavy atom. The van der Waals surface area contributed by atoms with Crippen LogP contribution >= 0.6 is 0 Å². The Morgan fingerprint density at radius 3 is 2.42 bits per heavy atom. The molecule has 0 aliphatic carbocycles. The molecule has 0 radical (unpaired) electrons. The minimum Gasteiger partial charge on any atom is -0.344 e. The maximum Gasteiger partial charge on any atom is 0.434 e. The summed E-state index contributed by atoms with van der Waals surface area (Å²) in [6, 6.07) is 15.1. The number of hydrogen-bond acceptors (Lipinski definition) is 4. The van der Waals surface area contributed by atoms with Crippen LogP contribution in [0.1, 0.15) is 36.6 Å².